The minimum Gasteiger partial charge on any atom is -0.497 e. The molecule has 0 radical (unpaired) electrons. The number of anilines is 1. The average molecular weight is 676 g/mol. The van der Waals surface area contributed by atoms with Gasteiger partial charge in [0.2, 0.25) is 0 Å². The number of esters is 1. The highest BCUT2D eigenvalue weighted by Crippen LogP contribution is 2.34. The number of amides is 1. The highest BCUT2D eigenvalue weighted by Gasteiger charge is 2.37. The second-order valence-electron chi connectivity index (χ2n) is 12.5. The van der Waals surface area contributed by atoms with Crippen molar-refractivity contribution in [3.05, 3.63) is 129 Å². The molecule has 50 heavy (non-hydrogen) atoms. The molecule has 2 aliphatic rings. The first-order valence-corrected chi connectivity index (χ1v) is 16.8. The molecule has 258 valence electrons. The summed E-state index contributed by atoms with van der Waals surface area (Å²) in [4.78, 5) is 47.3. The maximum Gasteiger partial charge on any atom is 0.410 e. The number of nitrogens with zero attached hydrogens (tertiary/aromatic N) is 5. The summed E-state index contributed by atoms with van der Waals surface area (Å²) in [5.41, 5.74) is 4.70. The molecule has 1 fully saturated rings. The summed E-state index contributed by atoms with van der Waals surface area (Å²) in [6.45, 7) is 3.14. The van der Waals surface area contributed by atoms with E-state index in [0.29, 0.717) is 44.0 Å². The van der Waals surface area contributed by atoms with Gasteiger partial charge in [0.25, 0.3) is 5.56 Å². The largest absolute Gasteiger partial charge is 0.497 e. The fraction of sp³-hybridized carbons (Fsp3) is 0.333. The number of benzene rings is 3. The third-order valence-corrected chi connectivity index (χ3v) is 9.41. The number of carbonyl (C=O) groups excluding carboxylic acids is 2. The van der Waals surface area contributed by atoms with Gasteiger partial charge in [0.15, 0.2) is 0 Å². The molecule has 2 aliphatic heterocycles. The molecule has 0 aliphatic carbocycles. The number of hydrogen-bond donors (Lipinski definition) is 0. The zero-order valence-corrected chi connectivity index (χ0v) is 28.4. The number of piperazine rings is 1. The van der Waals surface area contributed by atoms with Crippen molar-refractivity contribution in [2.45, 2.75) is 45.1 Å². The van der Waals surface area contributed by atoms with Crippen molar-refractivity contribution in [2.24, 2.45) is 0 Å². The molecular formula is C39H41N5O6. The van der Waals surface area contributed by atoms with E-state index in [4.69, 9.17) is 14.2 Å². The van der Waals surface area contributed by atoms with Gasteiger partial charge in [0.05, 0.1) is 45.0 Å². The Kier molecular flexibility index (Phi) is 10.8. The van der Waals surface area contributed by atoms with Crippen molar-refractivity contribution in [3.63, 3.8) is 0 Å². The number of hydrogen-bond acceptors (Lipinski definition) is 9. The van der Waals surface area contributed by atoms with Crippen LogP contribution in [-0.2, 0) is 42.1 Å². The van der Waals surface area contributed by atoms with Crippen LogP contribution in [0.1, 0.15) is 44.7 Å². The Morgan fingerprint density at radius 1 is 0.860 bits per heavy atom. The first-order chi connectivity index (χ1) is 24.4. The molecule has 4 aromatic rings. The van der Waals surface area contributed by atoms with Gasteiger partial charge in [-0.3, -0.25) is 9.69 Å². The minimum atomic E-state index is -0.718. The Hall–Kier alpha value is -5.60. The Morgan fingerprint density at radius 2 is 1.54 bits per heavy atom. The molecule has 11 nitrogen and oxygen atoms in total. The molecular weight excluding hydrogens is 634 g/mol. The van der Waals surface area contributed by atoms with E-state index in [0.717, 1.165) is 22.4 Å². The highest BCUT2D eigenvalue weighted by molar-refractivity contribution is 5.96. The average Bonchev–Trinajstić information content (AvgIpc) is 3.15. The third-order valence-electron chi connectivity index (χ3n) is 9.41. The van der Waals surface area contributed by atoms with Crippen LogP contribution >= 0.6 is 0 Å². The SMILES string of the molecule is COC(=O)c1c(N2CCN(C(=O)OCc3ccccc3)[C@@H](CC#N)C2)c2c(n(Cc3ccc(OC)cc3)c1=O)CN(Cc1ccccc1)CC2. The lowest BCUT2D eigenvalue weighted by Crippen LogP contribution is -2.56. The van der Waals surface area contributed by atoms with E-state index in [9.17, 15) is 19.6 Å². The lowest BCUT2D eigenvalue weighted by atomic mass is 9.95. The molecule has 1 aromatic heterocycles. The van der Waals surface area contributed by atoms with Gasteiger partial charge < -0.3 is 28.6 Å². The van der Waals surface area contributed by atoms with Crippen molar-refractivity contribution in [3.8, 4) is 11.8 Å². The zero-order valence-electron chi connectivity index (χ0n) is 28.4. The number of pyridine rings is 1. The van der Waals surface area contributed by atoms with Crippen molar-refractivity contribution in [1.82, 2.24) is 14.4 Å². The van der Waals surface area contributed by atoms with E-state index in [1.54, 1.807) is 16.6 Å². The Labute approximate surface area is 291 Å². The summed E-state index contributed by atoms with van der Waals surface area (Å²) in [6, 6.07) is 28.8. The Balaban J connectivity index is 1.37. The molecule has 1 saturated heterocycles. The first kappa shape index (κ1) is 34.3. The van der Waals surface area contributed by atoms with Crippen LogP contribution in [0.15, 0.2) is 89.7 Å². The number of nitriles is 1. The highest BCUT2D eigenvalue weighted by atomic mass is 16.6. The summed E-state index contributed by atoms with van der Waals surface area (Å²) in [7, 11) is 2.88. The minimum absolute atomic E-state index is 0.0351. The Morgan fingerprint density at radius 3 is 2.20 bits per heavy atom. The van der Waals surface area contributed by atoms with Crippen LogP contribution in [0.5, 0.6) is 5.75 Å². The van der Waals surface area contributed by atoms with E-state index in [1.807, 2.05) is 77.7 Å². The molecule has 6 rings (SSSR count). The number of methoxy groups -OCH3 is 2. The maximum absolute atomic E-state index is 14.6. The van der Waals surface area contributed by atoms with Crippen molar-refractivity contribution >= 4 is 17.7 Å². The molecule has 11 heteroatoms. The lowest BCUT2D eigenvalue weighted by molar-refractivity contribution is 0.0595. The van der Waals surface area contributed by atoms with Crippen LogP contribution < -0.4 is 15.2 Å². The predicted molar refractivity (Wildman–Crippen MR) is 188 cm³/mol. The standard InChI is InChI=1S/C39H41N5O6/c1-48-32-15-13-29(14-16-32)24-44-34-26-41(23-28-9-5-3-6-10-28)20-18-33(34)36(35(37(44)45)38(46)49-2)42-21-22-43(31(25-42)17-19-40)39(47)50-27-30-11-7-4-8-12-30/h3-16,31H,17-18,20-27H2,1-2H3/t31-/m0/s1. The van der Waals surface area contributed by atoms with Gasteiger partial charge in [-0.25, -0.2) is 9.59 Å². The zero-order chi connectivity index (χ0) is 35.0. The molecule has 3 aromatic carbocycles. The molecule has 0 N–H and O–H groups in total. The van der Waals surface area contributed by atoms with E-state index in [1.165, 1.54) is 12.7 Å². The van der Waals surface area contributed by atoms with Crippen LogP contribution in [0.25, 0.3) is 0 Å². The van der Waals surface area contributed by atoms with Crippen LogP contribution in [0.2, 0.25) is 0 Å². The monoisotopic (exact) mass is 675 g/mol. The third kappa shape index (κ3) is 7.51. The van der Waals surface area contributed by atoms with E-state index >= 15 is 0 Å². The quantitative estimate of drug-likeness (QED) is 0.214. The van der Waals surface area contributed by atoms with Gasteiger partial charge in [-0.1, -0.05) is 72.8 Å². The van der Waals surface area contributed by atoms with Crippen LogP contribution in [0.3, 0.4) is 0 Å². The molecule has 1 atom stereocenters. The molecule has 0 saturated carbocycles. The van der Waals surface area contributed by atoms with E-state index < -0.39 is 23.7 Å². The predicted octanol–water partition coefficient (Wildman–Crippen LogP) is 4.99. The number of fused-ring (bicyclic) bond motifs is 1. The van der Waals surface area contributed by atoms with Crippen molar-refractivity contribution in [1.29, 1.82) is 5.26 Å². The van der Waals surface area contributed by atoms with Gasteiger partial charge in [-0.2, -0.15) is 5.26 Å². The van der Waals surface area contributed by atoms with Gasteiger partial charge in [-0.15, -0.1) is 0 Å². The molecule has 0 unspecified atom stereocenters. The van der Waals surface area contributed by atoms with Crippen LogP contribution in [0.4, 0.5) is 10.5 Å². The van der Waals surface area contributed by atoms with Crippen LogP contribution in [0, 0.1) is 11.3 Å². The van der Waals surface area contributed by atoms with Crippen LogP contribution in [-0.4, -0.2) is 72.9 Å². The number of carbonyl (C=O) groups is 2. The number of rotatable bonds is 10. The van der Waals surface area contributed by atoms with E-state index in [-0.39, 0.29) is 38.2 Å². The van der Waals surface area contributed by atoms with Gasteiger partial charge >= 0.3 is 12.1 Å². The smallest absolute Gasteiger partial charge is 0.410 e. The van der Waals surface area contributed by atoms with Gasteiger partial charge in [0.1, 0.15) is 17.9 Å². The first-order valence-electron chi connectivity index (χ1n) is 16.8. The summed E-state index contributed by atoms with van der Waals surface area (Å²) in [5, 5.41) is 9.77. The summed E-state index contributed by atoms with van der Waals surface area (Å²) in [5.74, 6) is -0.0118. The van der Waals surface area contributed by atoms with Crippen molar-refractivity contribution in [2.75, 3.05) is 45.3 Å². The normalized spacial score (nSPS) is 15.9. The maximum atomic E-state index is 14.6. The Bertz CT molecular complexity index is 1910. The molecule has 0 bridgehead atoms. The lowest BCUT2D eigenvalue weighted by Gasteiger charge is -2.43. The summed E-state index contributed by atoms with van der Waals surface area (Å²) in [6.07, 6.45) is 0.147. The number of ether oxygens (including phenoxy) is 3. The fourth-order valence-corrected chi connectivity index (χ4v) is 6.89. The molecule has 0 spiro atoms. The summed E-state index contributed by atoms with van der Waals surface area (Å²) >= 11 is 0. The fourth-order valence-electron chi connectivity index (χ4n) is 6.89. The topological polar surface area (TPSA) is 117 Å². The summed E-state index contributed by atoms with van der Waals surface area (Å²) < 4.78 is 17.9. The second-order valence-corrected chi connectivity index (χ2v) is 12.5. The second kappa shape index (κ2) is 15.7. The molecule has 1 amide bonds. The molecule has 3 heterocycles. The number of aromatic nitrogens is 1. The van der Waals surface area contributed by atoms with Gasteiger partial charge in [-0.05, 0) is 40.8 Å². The van der Waals surface area contributed by atoms with Gasteiger partial charge in [0, 0.05) is 45.0 Å². The van der Waals surface area contributed by atoms with Crippen molar-refractivity contribution < 1.29 is 23.8 Å². The van der Waals surface area contributed by atoms with E-state index in [2.05, 4.69) is 23.1 Å².